The Hall–Kier alpha value is -5.43. The molecule has 0 aliphatic carbocycles. The van der Waals surface area contributed by atoms with E-state index in [0.29, 0.717) is 19.4 Å². The van der Waals surface area contributed by atoms with Gasteiger partial charge in [-0.1, -0.05) is 119 Å². The number of carbonyl (C=O) groups is 3. The summed E-state index contributed by atoms with van der Waals surface area (Å²) in [5.74, 6) is -2.07. The van der Waals surface area contributed by atoms with E-state index in [0.717, 1.165) is 46.6 Å². The molecule has 1 heterocycles. The fourth-order valence-corrected chi connectivity index (χ4v) is 7.32. The summed E-state index contributed by atoms with van der Waals surface area (Å²) < 4.78 is 0. The highest BCUT2D eigenvalue weighted by molar-refractivity contribution is 6.04. The van der Waals surface area contributed by atoms with E-state index in [1.165, 1.54) is 10.8 Å². The van der Waals surface area contributed by atoms with E-state index in [4.69, 9.17) is 5.73 Å². The molecule has 3 N–H and O–H groups in total. The number of nitrogens with one attached hydrogen (secondary N) is 1. The maximum absolute atomic E-state index is 14.8. The van der Waals surface area contributed by atoms with Gasteiger partial charge in [0, 0.05) is 17.5 Å². The summed E-state index contributed by atoms with van der Waals surface area (Å²) in [6.07, 6.45) is 2.72. The second-order valence-corrected chi connectivity index (χ2v) is 14.1. The van der Waals surface area contributed by atoms with Crippen LogP contribution in [0, 0.1) is 17.8 Å². The van der Waals surface area contributed by atoms with Gasteiger partial charge in [-0.25, -0.2) is 0 Å². The van der Waals surface area contributed by atoms with Crippen LogP contribution in [-0.4, -0.2) is 30.3 Å². The summed E-state index contributed by atoms with van der Waals surface area (Å²) in [5, 5.41) is 5.50. The van der Waals surface area contributed by atoms with E-state index < -0.39 is 23.8 Å². The van der Waals surface area contributed by atoms with Gasteiger partial charge < -0.3 is 20.9 Å². The number of unbranched alkanes of at least 4 members (excludes halogenated alkanes) is 1. The minimum absolute atomic E-state index is 0.158. The van der Waals surface area contributed by atoms with Crippen molar-refractivity contribution in [1.29, 1.82) is 0 Å². The lowest BCUT2D eigenvalue weighted by atomic mass is 9.81. The highest BCUT2D eigenvalue weighted by Gasteiger charge is 2.39. The number of hydrogen-bond acceptors (Lipinski definition) is 4. The van der Waals surface area contributed by atoms with Crippen LogP contribution in [0.1, 0.15) is 52.0 Å². The highest BCUT2D eigenvalue weighted by atomic mass is 16.2. The molecule has 5 aromatic rings. The molecule has 0 saturated heterocycles. The third-order valence-electron chi connectivity index (χ3n) is 9.91. The van der Waals surface area contributed by atoms with Crippen molar-refractivity contribution >= 4 is 45.6 Å². The minimum Gasteiger partial charge on any atom is -0.369 e. The number of primary amides is 1. The lowest BCUT2D eigenvalue weighted by molar-refractivity contribution is -0.136. The van der Waals surface area contributed by atoms with Crippen molar-refractivity contribution in [3.8, 4) is 11.1 Å². The van der Waals surface area contributed by atoms with Gasteiger partial charge in [-0.3, -0.25) is 14.4 Å². The molecular weight excluding hydrogens is 633 g/mol. The van der Waals surface area contributed by atoms with Crippen LogP contribution in [0.5, 0.6) is 0 Å². The number of nitrogens with zero attached hydrogens (tertiary/aromatic N) is 2. The monoisotopic (exact) mass is 680 g/mol. The number of amides is 3. The van der Waals surface area contributed by atoms with Gasteiger partial charge in [0.15, 0.2) is 0 Å². The van der Waals surface area contributed by atoms with Crippen LogP contribution in [0.15, 0.2) is 121 Å². The molecule has 1 aliphatic rings. The van der Waals surface area contributed by atoms with Crippen LogP contribution in [0.3, 0.4) is 0 Å². The third kappa shape index (κ3) is 8.15. The average molecular weight is 681 g/mol. The van der Waals surface area contributed by atoms with Crippen LogP contribution in [0.4, 0.5) is 17.1 Å². The van der Waals surface area contributed by atoms with Crippen molar-refractivity contribution in [2.75, 3.05) is 16.3 Å². The van der Waals surface area contributed by atoms with Gasteiger partial charge in [-0.05, 0) is 82.6 Å². The van der Waals surface area contributed by atoms with Gasteiger partial charge in [0.1, 0.15) is 6.04 Å². The molecule has 1 unspecified atom stereocenters. The molecule has 7 nitrogen and oxygen atoms in total. The van der Waals surface area contributed by atoms with Crippen LogP contribution in [0.25, 0.3) is 21.9 Å². The first-order valence-corrected chi connectivity index (χ1v) is 18.1. The van der Waals surface area contributed by atoms with E-state index in [9.17, 15) is 14.4 Å². The lowest BCUT2D eigenvalue weighted by Gasteiger charge is -2.30. The summed E-state index contributed by atoms with van der Waals surface area (Å²) in [5.41, 5.74) is 11.6. The molecule has 7 heteroatoms. The van der Waals surface area contributed by atoms with Gasteiger partial charge in [-0.15, -0.1) is 0 Å². The Morgan fingerprint density at radius 1 is 0.784 bits per heavy atom. The number of benzene rings is 5. The van der Waals surface area contributed by atoms with Crippen molar-refractivity contribution in [2.24, 2.45) is 23.5 Å². The molecule has 3 atom stereocenters. The summed E-state index contributed by atoms with van der Waals surface area (Å²) in [6, 6.07) is 40.0. The number of rotatable bonds is 13. The number of fused-ring (bicyclic) bond motifs is 2. The van der Waals surface area contributed by atoms with E-state index in [-0.39, 0.29) is 24.3 Å². The zero-order chi connectivity index (χ0) is 35.9. The Morgan fingerprint density at radius 2 is 1.47 bits per heavy atom. The molecule has 1 aliphatic heterocycles. The van der Waals surface area contributed by atoms with E-state index >= 15 is 0 Å². The van der Waals surface area contributed by atoms with E-state index in [1.807, 2.05) is 92.7 Å². The normalized spacial score (nSPS) is 15.7. The Balaban J connectivity index is 1.38. The summed E-state index contributed by atoms with van der Waals surface area (Å²) in [7, 11) is 0. The summed E-state index contributed by atoms with van der Waals surface area (Å²) in [6.45, 7) is 6.67. The number of para-hydroxylation sites is 3. The fourth-order valence-electron chi connectivity index (χ4n) is 7.32. The van der Waals surface area contributed by atoms with Gasteiger partial charge >= 0.3 is 0 Å². The third-order valence-corrected chi connectivity index (χ3v) is 9.91. The highest BCUT2D eigenvalue weighted by Crippen LogP contribution is 2.39. The van der Waals surface area contributed by atoms with Gasteiger partial charge in [0.2, 0.25) is 11.8 Å². The number of hydrogen-bond donors (Lipinski definition) is 2. The molecule has 0 radical (unpaired) electrons. The van der Waals surface area contributed by atoms with Crippen LogP contribution in [0.2, 0.25) is 0 Å². The lowest BCUT2D eigenvalue weighted by Crippen LogP contribution is -2.54. The van der Waals surface area contributed by atoms with E-state index in [2.05, 4.69) is 59.6 Å². The summed E-state index contributed by atoms with van der Waals surface area (Å²) >= 11 is 0. The van der Waals surface area contributed by atoms with Gasteiger partial charge in [-0.2, -0.15) is 0 Å². The Labute approximate surface area is 301 Å². The van der Waals surface area contributed by atoms with Crippen LogP contribution >= 0.6 is 0 Å². The predicted octanol–water partition coefficient (Wildman–Crippen LogP) is 8.63. The van der Waals surface area contributed by atoms with Crippen molar-refractivity contribution in [1.82, 2.24) is 5.32 Å². The predicted molar refractivity (Wildman–Crippen MR) is 208 cm³/mol. The molecule has 0 saturated carbocycles. The Kier molecular flexibility index (Phi) is 11.2. The second kappa shape index (κ2) is 16.1. The first-order chi connectivity index (χ1) is 24.7. The van der Waals surface area contributed by atoms with Crippen molar-refractivity contribution in [3.63, 3.8) is 0 Å². The molecule has 3 amide bonds. The molecule has 5 aromatic carbocycles. The van der Waals surface area contributed by atoms with Gasteiger partial charge in [0.05, 0.1) is 24.5 Å². The average Bonchev–Trinajstić information content (AvgIpc) is 3.25. The second-order valence-electron chi connectivity index (χ2n) is 14.1. The first kappa shape index (κ1) is 35.4. The molecule has 0 aromatic heterocycles. The number of nitrogens with two attached hydrogens (primary N) is 1. The van der Waals surface area contributed by atoms with Crippen molar-refractivity contribution in [2.45, 2.75) is 59.0 Å². The summed E-state index contributed by atoms with van der Waals surface area (Å²) in [4.78, 5) is 45.8. The van der Waals surface area contributed by atoms with Crippen LogP contribution < -0.4 is 20.9 Å². The molecule has 0 spiro atoms. The molecule has 0 fully saturated rings. The van der Waals surface area contributed by atoms with Crippen LogP contribution in [-0.2, 0) is 20.9 Å². The van der Waals surface area contributed by atoms with Crippen molar-refractivity contribution < 1.29 is 14.4 Å². The molecule has 262 valence electrons. The zero-order valence-corrected chi connectivity index (χ0v) is 29.8. The van der Waals surface area contributed by atoms with Gasteiger partial charge in [0.25, 0.3) is 5.91 Å². The zero-order valence-electron chi connectivity index (χ0n) is 29.8. The fraction of sp³-hybridized carbons (Fsp3) is 0.295. The Bertz CT molecular complexity index is 1990. The van der Waals surface area contributed by atoms with E-state index in [1.54, 1.807) is 4.90 Å². The standard InChI is InChI=1S/C44H48N4O3/c1-4-5-20-37(42(45)49)38(25-30(2)3)43(50)46-39-29-47(36-18-7-6-8-19-36)40-21-11-12-22-41(40)48(44(39)51)28-31-14-13-17-33(26-31)35-24-23-32-15-9-10-16-34(32)27-35/h6-19,21-24,26-27,30,37-39H,4-5,20,25,28-29H2,1-3H3,(H2,45,49)(H,46,50)/t37-,38+,39?/m0/s1. The largest absolute Gasteiger partial charge is 0.369 e. The molecular formula is C44H48N4O3. The molecule has 6 rings (SSSR count). The quantitative estimate of drug-likeness (QED) is 0.130. The maximum Gasteiger partial charge on any atom is 0.251 e. The van der Waals surface area contributed by atoms with Crippen molar-refractivity contribution in [3.05, 3.63) is 127 Å². The minimum atomic E-state index is -0.886. The number of carbonyl (C=O) groups excluding carboxylic acids is 3. The maximum atomic E-state index is 14.8. The molecule has 0 bridgehead atoms. The number of anilines is 3. The first-order valence-electron chi connectivity index (χ1n) is 18.1. The molecule has 51 heavy (non-hydrogen) atoms. The Morgan fingerprint density at radius 3 is 2.20 bits per heavy atom. The SMILES string of the molecule is CCCC[C@H](C(N)=O)[C@@H](CC(C)C)C(=O)NC1CN(c2ccccc2)c2ccccc2N(Cc2cccc(-c3ccc4ccccc4c3)c2)C1=O. The smallest absolute Gasteiger partial charge is 0.251 e. The topological polar surface area (TPSA) is 95.7 Å².